The normalized spacial score (nSPS) is 16.5. The number of amides is 2. The Bertz CT molecular complexity index is 1170. The van der Waals surface area contributed by atoms with E-state index in [0.717, 1.165) is 36.3 Å². The summed E-state index contributed by atoms with van der Waals surface area (Å²) in [4.78, 5) is 30.4. The van der Waals surface area contributed by atoms with Crippen molar-refractivity contribution in [3.05, 3.63) is 64.6 Å². The first-order chi connectivity index (χ1) is 17.1. The first-order valence-electron chi connectivity index (χ1n) is 12.3. The second-order valence-electron chi connectivity index (χ2n) is 9.14. The first kappa shape index (κ1) is 23.5. The number of hydrogen-bond donors (Lipinski definition) is 1. The van der Waals surface area contributed by atoms with E-state index in [-0.39, 0.29) is 24.3 Å². The molecule has 2 amide bonds. The van der Waals surface area contributed by atoms with Gasteiger partial charge in [0, 0.05) is 35.9 Å². The van der Waals surface area contributed by atoms with Gasteiger partial charge >= 0.3 is 0 Å². The average Bonchev–Trinajstić information content (AvgIpc) is 3.54. The van der Waals surface area contributed by atoms with Gasteiger partial charge in [-0.15, -0.1) is 11.3 Å². The summed E-state index contributed by atoms with van der Waals surface area (Å²) in [6, 6.07) is 12.5. The maximum atomic E-state index is 13.9. The van der Waals surface area contributed by atoms with E-state index in [4.69, 9.17) is 9.47 Å². The van der Waals surface area contributed by atoms with Crippen molar-refractivity contribution in [1.29, 1.82) is 0 Å². The summed E-state index contributed by atoms with van der Waals surface area (Å²) >= 11 is 1.54. The van der Waals surface area contributed by atoms with E-state index in [9.17, 15) is 9.59 Å². The monoisotopic (exact) mass is 493 g/mol. The number of ether oxygens (including phenoxy) is 2. The fourth-order valence-corrected chi connectivity index (χ4v) is 5.63. The highest BCUT2D eigenvalue weighted by molar-refractivity contribution is 7.10. The molecule has 7 nitrogen and oxygen atoms in total. The molecule has 0 radical (unpaired) electrons. The van der Waals surface area contributed by atoms with E-state index in [0.29, 0.717) is 30.4 Å². The Balaban J connectivity index is 1.55. The van der Waals surface area contributed by atoms with E-state index in [2.05, 4.69) is 5.32 Å². The zero-order chi connectivity index (χ0) is 24.2. The number of hydrogen-bond acceptors (Lipinski definition) is 5. The van der Waals surface area contributed by atoms with Gasteiger partial charge in [-0.1, -0.05) is 25.3 Å². The number of thiophene rings is 1. The number of fused-ring (bicyclic) bond motifs is 1. The fourth-order valence-electron chi connectivity index (χ4n) is 4.94. The average molecular weight is 494 g/mol. The molecule has 2 aromatic heterocycles. The molecule has 5 rings (SSSR count). The topological polar surface area (TPSA) is 72.8 Å². The molecule has 0 bridgehead atoms. The summed E-state index contributed by atoms with van der Waals surface area (Å²) in [5.74, 6) is 0.927. The van der Waals surface area contributed by atoms with Crippen LogP contribution in [0.1, 0.15) is 48.7 Å². The molecule has 1 aliphatic carbocycles. The molecule has 0 spiro atoms. The molecule has 1 N–H and O–H groups in total. The van der Waals surface area contributed by atoms with Crippen molar-refractivity contribution in [2.45, 2.75) is 50.6 Å². The van der Waals surface area contributed by atoms with E-state index in [1.54, 1.807) is 4.90 Å². The Morgan fingerprint density at radius 2 is 1.89 bits per heavy atom. The summed E-state index contributed by atoms with van der Waals surface area (Å²) in [5, 5.41) is 5.22. The molecule has 184 valence electrons. The van der Waals surface area contributed by atoms with E-state index in [1.165, 1.54) is 17.8 Å². The molecule has 2 aliphatic rings. The molecule has 1 atom stereocenters. The first-order valence-corrected chi connectivity index (χ1v) is 13.1. The number of nitrogens with one attached hydrogen (secondary N) is 1. The van der Waals surface area contributed by atoms with Crippen LogP contribution in [0.2, 0.25) is 0 Å². The Morgan fingerprint density at radius 1 is 1.09 bits per heavy atom. The van der Waals surface area contributed by atoms with Crippen molar-refractivity contribution in [2.75, 3.05) is 18.1 Å². The summed E-state index contributed by atoms with van der Waals surface area (Å²) in [6.45, 7) is 0.937. The number of anilines is 1. The van der Waals surface area contributed by atoms with Crippen LogP contribution in [0.25, 0.3) is 0 Å². The second kappa shape index (κ2) is 10.6. The third-order valence-electron chi connectivity index (χ3n) is 6.70. The Hall–Kier alpha value is -3.26. The quantitative estimate of drug-likeness (QED) is 0.521. The van der Waals surface area contributed by atoms with Crippen LogP contribution in [0.4, 0.5) is 5.69 Å². The summed E-state index contributed by atoms with van der Waals surface area (Å²) < 4.78 is 13.4. The van der Waals surface area contributed by atoms with Crippen LogP contribution in [0.5, 0.6) is 11.5 Å². The third-order valence-corrected chi connectivity index (χ3v) is 7.58. The number of rotatable bonds is 7. The Morgan fingerprint density at radius 3 is 2.60 bits per heavy atom. The van der Waals surface area contributed by atoms with Gasteiger partial charge in [-0.2, -0.15) is 0 Å². The van der Waals surface area contributed by atoms with Crippen LogP contribution in [0.15, 0.2) is 54.0 Å². The van der Waals surface area contributed by atoms with Gasteiger partial charge in [-0.25, -0.2) is 0 Å². The van der Waals surface area contributed by atoms with Gasteiger partial charge in [-0.05, 0) is 48.6 Å². The smallest absolute Gasteiger partial charge is 0.249 e. The van der Waals surface area contributed by atoms with Crippen molar-refractivity contribution < 1.29 is 19.1 Å². The lowest BCUT2D eigenvalue weighted by atomic mass is 9.95. The Labute approximate surface area is 209 Å². The maximum Gasteiger partial charge on any atom is 0.249 e. The van der Waals surface area contributed by atoms with E-state index >= 15 is 0 Å². The molecule has 0 saturated heterocycles. The van der Waals surface area contributed by atoms with Gasteiger partial charge in [0.2, 0.25) is 11.8 Å². The molecule has 1 saturated carbocycles. The van der Waals surface area contributed by atoms with Crippen LogP contribution in [-0.2, 0) is 23.1 Å². The molecule has 3 aromatic rings. The summed E-state index contributed by atoms with van der Waals surface area (Å²) in [6.07, 6.45) is 7.49. The van der Waals surface area contributed by atoms with Crippen LogP contribution < -0.4 is 19.7 Å². The lowest BCUT2D eigenvalue weighted by Gasteiger charge is -2.34. The molecule has 8 heteroatoms. The minimum Gasteiger partial charge on any atom is -0.486 e. The number of carbonyl (C=O) groups is 2. The van der Waals surface area contributed by atoms with Gasteiger partial charge in [0.1, 0.15) is 13.2 Å². The molecule has 1 aromatic carbocycles. The molecule has 1 fully saturated rings. The van der Waals surface area contributed by atoms with Crippen molar-refractivity contribution in [3.63, 3.8) is 0 Å². The van der Waals surface area contributed by atoms with Gasteiger partial charge < -0.3 is 19.4 Å². The summed E-state index contributed by atoms with van der Waals surface area (Å²) in [7, 11) is 1.90. The van der Waals surface area contributed by atoms with Crippen molar-refractivity contribution in [3.8, 4) is 11.5 Å². The fraction of sp³-hybridized carbons (Fsp3) is 0.407. The van der Waals surface area contributed by atoms with Crippen LogP contribution in [0.3, 0.4) is 0 Å². The number of carbonyl (C=O) groups excluding carboxylic acids is 2. The lowest BCUT2D eigenvalue weighted by molar-refractivity contribution is -0.127. The highest BCUT2D eigenvalue weighted by Crippen LogP contribution is 2.37. The van der Waals surface area contributed by atoms with Crippen LogP contribution in [-0.4, -0.2) is 35.6 Å². The highest BCUT2D eigenvalue weighted by Gasteiger charge is 2.36. The molecule has 0 unspecified atom stereocenters. The lowest BCUT2D eigenvalue weighted by Crippen LogP contribution is -2.48. The number of benzene rings is 1. The van der Waals surface area contributed by atoms with Crippen molar-refractivity contribution >= 4 is 28.8 Å². The minimum absolute atomic E-state index is 0.133. The SMILES string of the molecule is Cn1cccc1[C@@H](C(=O)NC1CCCCC1)N(C(=O)Cc1cccs1)c1ccc2c(c1)OCCO2. The predicted octanol–water partition coefficient (Wildman–Crippen LogP) is 4.62. The van der Waals surface area contributed by atoms with Crippen LogP contribution >= 0.6 is 11.3 Å². The molecule has 35 heavy (non-hydrogen) atoms. The molecular weight excluding hydrogens is 462 g/mol. The van der Waals surface area contributed by atoms with Gasteiger partial charge in [-0.3, -0.25) is 14.5 Å². The van der Waals surface area contributed by atoms with Crippen LogP contribution in [0, 0.1) is 0 Å². The number of nitrogens with zero attached hydrogens (tertiary/aromatic N) is 2. The third kappa shape index (κ3) is 5.22. The predicted molar refractivity (Wildman–Crippen MR) is 136 cm³/mol. The zero-order valence-electron chi connectivity index (χ0n) is 19.9. The van der Waals surface area contributed by atoms with E-state index < -0.39 is 6.04 Å². The molecule has 1 aliphatic heterocycles. The van der Waals surface area contributed by atoms with Gasteiger partial charge in [0.05, 0.1) is 12.1 Å². The zero-order valence-corrected chi connectivity index (χ0v) is 20.8. The highest BCUT2D eigenvalue weighted by atomic mass is 32.1. The van der Waals surface area contributed by atoms with Gasteiger partial charge in [0.15, 0.2) is 17.5 Å². The standard InChI is InChI=1S/C27H31N3O4S/c1-29-13-5-10-22(29)26(27(32)28-19-7-3-2-4-8-19)30(25(31)18-21-9-6-16-35-21)20-11-12-23-24(17-20)34-15-14-33-23/h5-6,9-13,16-17,19,26H,2-4,7-8,14-15,18H2,1H3,(H,28,32)/t26-/m0/s1. The largest absolute Gasteiger partial charge is 0.486 e. The summed E-state index contributed by atoms with van der Waals surface area (Å²) in [5.41, 5.74) is 1.37. The maximum absolute atomic E-state index is 13.9. The van der Waals surface area contributed by atoms with E-state index in [1.807, 2.05) is 65.7 Å². The Kier molecular flexibility index (Phi) is 7.08. The minimum atomic E-state index is -0.813. The van der Waals surface area contributed by atoms with Crippen molar-refractivity contribution in [1.82, 2.24) is 9.88 Å². The van der Waals surface area contributed by atoms with Gasteiger partial charge in [0.25, 0.3) is 0 Å². The van der Waals surface area contributed by atoms with Crippen molar-refractivity contribution in [2.24, 2.45) is 7.05 Å². The number of aromatic nitrogens is 1. The number of aryl methyl sites for hydroxylation is 1. The second-order valence-corrected chi connectivity index (χ2v) is 10.2. The molecule has 3 heterocycles. The molecular formula is C27H31N3O4S.